The van der Waals surface area contributed by atoms with Crippen LogP contribution in [0.25, 0.3) is 0 Å². The Hall–Kier alpha value is -0.120. The molecule has 19 heavy (non-hydrogen) atoms. The zero-order valence-electron chi connectivity index (χ0n) is 12.3. The maximum Gasteiger partial charge on any atom is 0.195 e. The second-order valence-corrected chi connectivity index (χ2v) is 7.05. The third-order valence-corrected chi connectivity index (χ3v) is 5.26. The van der Waals surface area contributed by atoms with Crippen LogP contribution in [0.2, 0.25) is 0 Å². The highest BCUT2D eigenvalue weighted by Crippen LogP contribution is 2.47. The minimum Gasteiger partial charge on any atom is -0.387 e. The molecule has 3 aliphatic rings. The largest absolute Gasteiger partial charge is 0.387 e. The topological polar surface area (TPSA) is 38.7 Å². The Morgan fingerprint density at radius 2 is 1.63 bits per heavy atom. The minimum absolute atomic E-state index is 0.195. The number of aliphatic hydroxyl groups is 1. The van der Waals surface area contributed by atoms with Crippen LogP contribution in [0, 0.1) is 11.8 Å². The van der Waals surface area contributed by atoms with Crippen molar-refractivity contribution in [3.8, 4) is 0 Å². The molecule has 5 atom stereocenters. The van der Waals surface area contributed by atoms with Gasteiger partial charge < -0.3 is 14.6 Å². The monoisotopic (exact) mass is 268 g/mol. The van der Waals surface area contributed by atoms with Gasteiger partial charge in [-0.25, -0.2) is 0 Å². The van der Waals surface area contributed by atoms with Gasteiger partial charge in [0.1, 0.15) is 6.10 Å². The Bertz CT molecular complexity index is 307. The normalized spacial score (nSPS) is 51.6. The molecule has 0 amide bonds. The van der Waals surface area contributed by atoms with E-state index in [0.717, 1.165) is 19.3 Å². The average Bonchev–Trinajstić information content (AvgIpc) is 2.29. The second kappa shape index (κ2) is 5.34. The van der Waals surface area contributed by atoms with E-state index >= 15 is 0 Å². The predicted molar refractivity (Wildman–Crippen MR) is 73.7 cm³/mol. The van der Waals surface area contributed by atoms with E-state index in [0.29, 0.717) is 11.8 Å². The number of aliphatic hydroxyl groups excluding tert-OH is 1. The standard InChI is InChI=1S/C16H28O3/c1-11-8-12(2)19-16(18-11)10-13-6-4-3-5-7-14(9-13)15(16)17/h11-15,17H,3-10H2,1-2H3/t11-,12-,13-,14+,15-/m1/s1. The average molecular weight is 268 g/mol. The van der Waals surface area contributed by atoms with Crippen molar-refractivity contribution in [3.63, 3.8) is 0 Å². The van der Waals surface area contributed by atoms with Crippen LogP contribution < -0.4 is 0 Å². The fraction of sp³-hybridized carbons (Fsp3) is 1.00. The number of hydrogen-bond donors (Lipinski definition) is 1. The summed E-state index contributed by atoms with van der Waals surface area (Å²) in [5, 5.41) is 10.8. The van der Waals surface area contributed by atoms with E-state index in [4.69, 9.17) is 9.47 Å². The summed E-state index contributed by atoms with van der Waals surface area (Å²) in [6.45, 7) is 4.22. The fourth-order valence-corrected chi connectivity index (χ4v) is 4.54. The maximum atomic E-state index is 10.8. The molecule has 3 heteroatoms. The van der Waals surface area contributed by atoms with Gasteiger partial charge in [-0.1, -0.05) is 25.7 Å². The van der Waals surface area contributed by atoms with Crippen LogP contribution in [0.5, 0.6) is 0 Å². The third-order valence-electron chi connectivity index (χ3n) is 5.26. The molecule has 2 saturated carbocycles. The second-order valence-electron chi connectivity index (χ2n) is 7.05. The minimum atomic E-state index is -0.706. The first-order valence-corrected chi connectivity index (χ1v) is 8.13. The summed E-state index contributed by atoms with van der Waals surface area (Å²) in [6.07, 6.45) is 9.25. The molecule has 0 aromatic rings. The molecule has 2 aliphatic carbocycles. The Kier molecular flexibility index (Phi) is 3.89. The number of hydrogen-bond acceptors (Lipinski definition) is 3. The van der Waals surface area contributed by atoms with Crippen molar-refractivity contribution in [1.82, 2.24) is 0 Å². The number of rotatable bonds is 0. The van der Waals surface area contributed by atoms with Crippen LogP contribution in [0.15, 0.2) is 0 Å². The van der Waals surface area contributed by atoms with Crippen LogP contribution in [-0.4, -0.2) is 29.2 Å². The summed E-state index contributed by atoms with van der Waals surface area (Å²) in [6, 6.07) is 0. The van der Waals surface area contributed by atoms with Crippen molar-refractivity contribution in [2.75, 3.05) is 0 Å². The Morgan fingerprint density at radius 3 is 2.37 bits per heavy atom. The zero-order chi connectivity index (χ0) is 13.5. The molecule has 0 aromatic carbocycles. The molecule has 3 rings (SSSR count). The van der Waals surface area contributed by atoms with Crippen LogP contribution in [-0.2, 0) is 9.47 Å². The highest BCUT2D eigenvalue weighted by molar-refractivity contribution is 4.96. The van der Waals surface area contributed by atoms with E-state index in [2.05, 4.69) is 13.8 Å². The zero-order valence-corrected chi connectivity index (χ0v) is 12.3. The maximum absolute atomic E-state index is 10.8. The van der Waals surface area contributed by atoms with Gasteiger partial charge in [0.05, 0.1) is 12.2 Å². The summed E-state index contributed by atoms with van der Waals surface area (Å²) in [4.78, 5) is 0. The molecule has 1 heterocycles. The van der Waals surface area contributed by atoms with Gasteiger partial charge in [0.2, 0.25) is 0 Å². The smallest absolute Gasteiger partial charge is 0.195 e. The first-order chi connectivity index (χ1) is 9.09. The predicted octanol–water partition coefficient (Wildman–Crippen LogP) is 3.25. The van der Waals surface area contributed by atoms with E-state index in [9.17, 15) is 5.11 Å². The van der Waals surface area contributed by atoms with Gasteiger partial charge in [-0.2, -0.15) is 0 Å². The van der Waals surface area contributed by atoms with Gasteiger partial charge in [-0.15, -0.1) is 0 Å². The van der Waals surface area contributed by atoms with Crippen LogP contribution in [0.4, 0.5) is 0 Å². The Balaban J connectivity index is 1.83. The van der Waals surface area contributed by atoms with Gasteiger partial charge in [0.25, 0.3) is 0 Å². The van der Waals surface area contributed by atoms with E-state index < -0.39 is 11.9 Å². The molecule has 1 spiro atoms. The highest BCUT2D eigenvalue weighted by atomic mass is 16.7. The van der Waals surface area contributed by atoms with E-state index in [-0.39, 0.29) is 12.2 Å². The summed E-state index contributed by atoms with van der Waals surface area (Å²) in [5.74, 6) is 0.338. The van der Waals surface area contributed by atoms with Gasteiger partial charge in [-0.3, -0.25) is 0 Å². The van der Waals surface area contributed by atoms with Gasteiger partial charge in [0.15, 0.2) is 5.79 Å². The molecule has 110 valence electrons. The van der Waals surface area contributed by atoms with Crippen LogP contribution >= 0.6 is 0 Å². The molecular weight excluding hydrogens is 240 g/mol. The fourth-order valence-electron chi connectivity index (χ4n) is 4.54. The highest BCUT2D eigenvalue weighted by Gasteiger charge is 2.53. The van der Waals surface area contributed by atoms with Crippen molar-refractivity contribution in [2.45, 2.75) is 89.3 Å². The van der Waals surface area contributed by atoms with E-state index in [1.165, 1.54) is 32.1 Å². The lowest BCUT2D eigenvalue weighted by atomic mass is 9.70. The van der Waals surface area contributed by atoms with Crippen LogP contribution in [0.1, 0.15) is 65.2 Å². The molecule has 0 radical (unpaired) electrons. The third kappa shape index (κ3) is 2.70. The summed E-state index contributed by atoms with van der Waals surface area (Å²) >= 11 is 0. The van der Waals surface area contributed by atoms with Crippen molar-refractivity contribution >= 4 is 0 Å². The lowest BCUT2D eigenvalue weighted by Crippen LogP contribution is -2.60. The lowest BCUT2D eigenvalue weighted by molar-refractivity contribution is -0.368. The molecular formula is C16H28O3. The van der Waals surface area contributed by atoms with Crippen LogP contribution in [0.3, 0.4) is 0 Å². The molecule has 3 fully saturated rings. The van der Waals surface area contributed by atoms with Gasteiger partial charge in [0, 0.05) is 6.42 Å². The quantitative estimate of drug-likeness (QED) is 0.733. The molecule has 0 unspecified atom stereocenters. The van der Waals surface area contributed by atoms with Crippen molar-refractivity contribution < 1.29 is 14.6 Å². The van der Waals surface area contributed by atoms with Crippen molar-refractivity contribution in [1.29, 1.82) is 0 Å². The molecule has 1 saturated heterocycles. The van der Waals surface area contributed by atoms with Gasteiger partial charge >= 0.3 is 0 Å². The van der Waals surface area contributed by atoms with Crippen molar-refractivity contribution in [3.05, 3.63) is 0 Å². The Labute approximate surface area is 116 Å². The lowest BCUT2D eigenvalue weighted by Gasteiger charge is -2.52. The summed E-state index contributed by atoms with van der Waals surface area (Å²) in [5.41, 5.74) is 0. The Morgan fingerprint density at radius 1 is 0.947 bits per heavy atom. The van der Waals surface area contributed by atoms with Crippen molar-refractivity contribution in [2.24, 2.45) is 11.8 Å². The summed E-state index contributed by atoms with van der Waals surface area (Å²) < 4.78 is 12.3. The first kappa shape index (κ1) is 13.8. The number of fused-ring (bicyclic) bond motifs is 2. The van der Waals surface area contributed by atoms with E-state index in [1.54, 1.807) is 0 Å². The first-order valence-electron chi connectivity index (χ1n) is 8.13. The molecule has 3 nitrogen and oxygen atoms in total. The molecule has 2 bridgehead atoms. The van der Waals surface area contributed by atoms with E-state index in [1.807, 2.05) is 0 Å². The molecule has 1 aliphatic heterocycles. The molecule has 1 N–H and O–H groups in total. The van der Waals surface area contributed by atoms with Gasteiger partial charge in [-0.05, 0) is 44.9 Å². The summed E-state index contributed by atoms with van der Waals surface area (Å²) in [7, 11) is 0. The molecule has 0 aromatic heterocycles. The SMILES string of the molecule is C[C@@H]1C[C@@H](C)OC2(C[C@@H]3CCCCC[C@@H](C3)[C@H]2O)O1. The number of ether oxygens (including phenoxy) is 2.